The second-order valence-corrected chi connectivity index (χ2v) is 7.25. The lowest BCUT2D eigenvalue weighted by Crippen LogP contribution is -2.46. The second kappa shape index (κ2) is 7.59. The van der Waals surface area contributed by atoms with Gasteiger partial charge in [-0.2, -0.15) is 0 Å². The average Bonchev–Trinajstić information content (AvgIpc) is 3.11. The molecule has 0 spiro atoms. The normalized spacial score (nSPS) is 15.2. The molecule has 1 N–H and O–H groups in total. The van der Waals surface area contributed by atoms with Crippen LogP contribution in [0.2, 0.25) is 0 Å². The van der Waals surface area contributed by atoms with Crippen LogP contribution in [0.3, 0.4) is 0 Å². The Morgan fingerprint density at radius 2 is 1.89 bits per heavy atom. The molecule has 0 bridgehead atoms. The predicted molar refractivity (Wildman–Crippen MR) is 114 cm³/mol. The molecule has 3 aromatic heterocycles. The molecule has 7 nitrogen and oxygen atoms in total. The number of aryl methyl sites for hydroxylation is 2. The van der Waals surface area contributed by atoms with Crippen molar-refractivity contribution in [3.05, 3.63) is 54.3 Å². The number of nitrogens with zero attached hydrogens (tertiary/aromatic N) is 6. The number of piperazine rings is 1. The minimum absolute atomic E-state index is 0.750. The van der Waals surface area contributed by atoms with Crippen molar-refractivity contribution in [2.75, 3.05) is 42.9 Å². The maximum Gasteiger partial charge on any atom is 0.160 e. The number of nitrogens with one attached hydrogen (secondary N) is 1. The number of anilines is 2. The van der Waals surface area contributed by atoms with Crippen molar-refractivity contribution in [1.29, 1.82) is 0 Å². The Morgan fingerprint density at radius 3 is 2.57 bits per heavy atom. The number of aromatic nitrogens is 4. The van der Waals surface area contributed by atoms with E-state index in [2.05, 4.69) is 55.7 Å². The first kappa shape index (κ1) is 18.4. The summed E-state index contributed by atoms with van der Waals surface area (Å²) in [6.45, 7) is 15.7. The average molecular weight is 377 g/mol. The van der Waals surface area contributed by atoms with E-state index in [9.17, 15) is 0 Å². The highest BCUT2D eigenvalue weighted by molar-refractivity contribution is 5.74. The van der Waals surface area contributed by atoms with E-state index in [4.69, 9.17) is 0 Å². The number of likely N-dealkylation sites (N-methyl/N-ethyl adjacent to an activating group) is 1. The van der Waals surface area contributed by atoms with Crippen LogP contribution in [0.25, 0.3) is 11.3 Å². The maximum absolute atomic E-state index is 4.66. The third kappa shape index (κ3) is 3.71. The molecule has 1 fully saturated rings. The highest BCUT2D eigenvalue weighted by Gasteiger charge is 2.16. The number of hydrogen-bond donors (Lipinski definition) is 1. The van der Waals surface area contributed by atoms with Crippen LogP contribution in [-0.2, 0) is 0 Å². The van der Waals surface area contributed by atoms with Gasteiger partial charge in [-0.05, 0) is 32.5 Å². The highest BCUT2D eigenvalue weighted by Crippen LogP contribution is 2.20. The van der Waals surface area contributed by atoms with Crippen molar-refractivity contribution in [1.82, 2.24) is 24.3 Å². The van der Waals surface area contributed by atoms with Gasteiger partial charge in [-0.15, -0.1) is 0 Å². The number of imidazole rings is 1. The smallest absolute Gasteiger partial charge is 0.160 e. The van der Waals surface area contributed by atoms with Crippen molar-refractivity contribution in [2.45, 2.75) is 20.8 Å². The fourth-order valence-corrected chi connectivity index (χ4v) is 3.64. The predicted octanol–water partition coefficient (Wildman–Crippen LogP) is 2.97. The summed E-state index contributed by atoms with van der Waals surface area (Å²) in [7, 11) is 0. The van der Waals surface area contributed by atoms with Gasteiger partial charge in [0.15, 0.2) is 5.65 Å². The lowest BCUT2D eigenvalue weighted by molar-refractivity contribution is 0.270. The number of pyridine rings is 1. The molecule has 4 heterocycles. The van der Waals surface area contributed by atoms with Gasteiger partial charge in [0.25, 0.3) is 0 Å². The fraction of sp³-hybridized carbons (Fsp3) is 0.381. The highest BCUT2D eigenvalue weighted by atomic mass is 15.3. The van der Waals surface area contributed by atoms with Crippen LogP contribution in [0.5, 0.6) is 0 Å². The van der Waals surface area contributed by atoms with Gasteiger partial charge < -0.3 is 19.5 Å². The minimum atomic E-state index is 0.750. The Labute approximate surface area is 165 Å². The van der Waals surface area contributed by atoms with Gasteiger partial charge in [-0.1, -0.05) is 13.5 Å². The minimum Gasteiger partial charge on any atom is -0.354 e. The summed E-state index contributed by atoms with van der Waals surface area (Å²) in [5.41, 5.74) is 4.46. The third-order valence-corrected chi connectivity index (χ3v) is 5.24. The second-order valence-electron chi connectivity index (χ2n) is 7.25. The fourth-order valence-electron chi connectivity index (χ4n) is 3.64. The van der Waals surface area contributed by atoms with E-state index in [0.29, 0.717) is 0 Å². The van der Waals surface area contributed by atoms with E-state index in [1.165, 1.54) is 0 Å². The van der Waals surface area contributed by atoms with Crippen molar-refractivity contribution in [3.8, 4) is 0 Å². The first-order valence-electron chi connectivity index (χ1n) is 9.76. The molecule has 146 valence electrons. The van der Waals surface area contributed by atoms with E-state index in [1.54, 1.807) is 0 Å². The monoisotopic (exact) mass is 377 g/mol. The van der Waals surface area contributed by atoms with Gasteiger partial charge in [-0.3, -0.25) is 4.98 Å². The zero-order valence-corrected chi connectivity index (χ0v) is 16.8. The lowest BCUT2D eigenvalue weighted by atomic mass is 10.2. The molecule has 4 rings (SSSR count). The largest absolute Gasteiger partial charge is 0.354 e. The summed E-state index contributed by atoms with van der Waals surface area (Å²) in [4.78, 5) is 18.5. The van der Waals surface area contributed by atoms with Crippen LogP contribution in [-0.4, -0.2) is 57.0 Å². The third-order valence-electron chi connectivity index (χ3n) is 5.24. The summed E-state index contributed by atoms with van der Waals surface area (Å²) in [5.74, 6) is 1.78. The molecule has 0 saturated carbocycles. The topological polar surface area (TPSA) is 61.6 Å². The van der Waals surface area contributed by atoms with Crippen molar-refractivity contribution >= 4 is 23.0 Å². The Balaban J connectivity index is 1.45. The quantitative estimate of drug-likeness (QED) is 0.738. The molecule has 0 atom stereocenters. The van der Waals surface area contributed by atoms with Crippen LogP contribution < -0.4 is 10.2 Å². The van der Waals surface area contributed by atoms with Crippen LogP contribution in [0.15, 0.2) is 37.3 Å². The Hall–Kier alpha value is -2.93. The van der Waals surface area contributed by atoms with E-state index in [-0.39, 0.29) is 0 Å². The van der Waals surface area contributed by atoms with Gasteiger partial charge >= 0.3 is 0 Å². The molecule has 0 radical (unpaired) electrons. The molecule has 0 aliphatic carbocycles. The summed E-state index contributed by atoms with van der Waals surface area (Å²) >= 11 is 0. The molecular weight excluding hydrogens is 350 g/mol. The first-order valence-corrected chi connectivity index (χ1v) is 9.76. The summed E-state index contributed by atoms with van der Waals surface area (Å²) < 4.78 is 1.99. The Morgan fingerprint density at radius 1 is 1.11 bits per heavy atom. The van der Waals surface area contributed by atoms with E-state index >= 15 is 0 Å². The summed E-state index contributed by atoms with van der Waals surface area (Å²) in [5, 5.41) is 3.29. The SMILES string of the molecule is C=C(Nc1cn2cc(C)nc(C)c2n1)c1ccc(N2CCN(CC)CC2)nc1. The van der Waals surface area contributed by atoms with Crippen LogP contribution in [0, 0.1) is 13.8 Å². The van der Waals surface area contributed by atoms with Gasteiger partial charge in [0, 0.05) is 49.8 Å². The van der Waals surface area contributed by atoms with Gasteiger partial charge in [-0.25, -0.2) is 9.97 Å². The Kier molecular flexibility index (Phi) is 5.00. The molecule has 1 saturated heterocycles. The summed E-state index contributed by atoms with van der Waals surface area (Å²) in [6, 6.07) is 4.14. The summed E-state index contributed by atoms with van der Waals surface area (Å²) in [6.07, 6.45) is 5.80. The molecule has 0 unspecified atom stereocenters. The molecule has 0 amide bonds. The van der Waals surface area contributed by atoms with Crippen LogP contribution in [0.1, 0.15) is 23.9 Å². The van der Waals surface area contributed by atoms with Crippen LogP contribution >= 0.6 is 0 Å². The Bertz CT molecular complexity index is 982. The standard InChI is InChI=1S/C21H27N7/c1-5-26-8-10-27(11-9-26)20-7-6-18(12-22-20)16(3)24-19-14-28-13-15(2)23-17(4)21(28)25-19/h6-7,12-14,24H,3,5,8-11H2,1-2,4H3. The van der Waals surface area contributed by atoms with Gasteiger partial charge in [0.05, 0.1) is 17.6 Å². The lowest BCUT2D eigenvalue weighted by Gasteiger charge is -2.34. The molecule has 7 heteroatoms. The molecule has 1 aliphatic rings. The molecular formula is C21H27N7. The van der Waals surface area contributed by atoms with E-state index < -0.39 is 0 Å². The van der Waals surface area contributed by atoms with E-state index in [0.717, 1.165) is 72.7 Å². The maximum atomic E-state index is 4.66. The van der Waals surface area contributed by atoms with Crippen molar-refractivity contribution in [2.24, 2.45) is 0 Å². The van der Waals surface area contributed by atoms with Gasteiger partial charge in [0.1, 0.15) is 11.6 Å². The molecule has 0 aromatic carbocycles. The van der Waals surface area contributed by atoms with Gasteiger partial charge in [0.2, 0.25) is 0 Å². The van der Waals surface area contributed by atoms with E-state index in [1.807, 2.05) is 36.8 Å². The van der Waals surface area contributed by atoms with Crippen LogP contribution in [0.4, 0.5) is 11.6 Å². The molecule has 1 aliphatic heterocycles. The zero-order valence-electron chi connectivity index (χ0n) is 16.8. The molecule has 3 aromatic rings. The molecule has 28 heavy (non-hydrogen) atoms. The van der Waals surface area contributed by atoms with Crippen molar-refractivity contribution in [3.63, 3.8) is 0 Å². The first-order chi connectivity index (χ1) is 13.5. The number of rotatable bonds is 5. The number of hydrogen-bond acceptors (Lipinski definition) is 6. The van der Waals surface area contributed by atoms with Crippen molar-refractivity contribution < 1.29 is 0 Å². The number of fused-ring (bicyclic) bond motifs is 1. The zero-order chi connectivity index (χ0) is 19.7.